The Morgan fingerprint density at radius 3 is 0.696 bits per heavy atom. The predicted molar refractivity (Wildman–Crippen MR) is 418 cm³/mol. The van der Waals surface area contributed by atoms with E-state index in [1.807, 2.05) is 0 Å². The normalized spacial score (nSPS) is 14.8. The van der Waals surface area contributed by atoms with Gasteiger partial charge in [-0.15, -0.1) is 0 Å². The van der Waals surface area contributed by atoms with E-state index in [1.54, 1.807) is 0 Å². The van der Waals surface area contributed by atoms with Gasteiger partial charge >= 0.3 is 39.5 Å². The largest absolute Gasteiger partial charge is 0.472 e. The van der Waals surface area contributed by atoms with Gasteiger partial charge in [-0.2, -0.15) is 0 Å². The third-order valence-corrected chi connectivity index (χ3v) is 22.3. The number of rotatable bonds is 80. The van der Waals surface area contributed by atoms with Gasteiger partial charge in [-0.25, -0.2) is 9.13 Å². The number of aliphatic hydroxyl groups excluding tert-OH is 1. The van der Waals surface area contributed by atoms with Crippen molar-refractivity contribution in [3.05, 3.63) is 0 Å². The van der Waals surface area contributed by atoms with Crippen molar-refractivity contribution in [2.45, 2.75) is 446 Å². The Labute approximate surface area is 626 Å². The topological polar surface area (TPSA) is 237 Å². The summed E-state index contributed by atoms with van der Waals surface area (Å²) in [6, 6.07) is 0. The first-order valence-electron chi connectivity index (χ1n) is 42.8. The van der Waals surface area contributed by atoms with Gasteiger partial charge in [0.1, 0.15) is 19.3 Å². The molecule has 8 atom stereocenters. The molecular formula is C83H162O17P2. The monoisotopic (exact) mass is 1490 g/mol. The molecule has 0 aromatic rings. The van der Waals surface area contributed by atoms with E-state index in [0.717, 1.165) is 120 Å². The summed E-state index contributed by atoms with van der Waals surface area (Å²) < 4.78 is 68.8. The first kappa shape index (κ1) is 100. The van der Waals surface area contributed by atoms with Crippen molar-refractivity contribution in [3.8, 4) is 0 Å². The van der Waals surface area contributed by atoms with E-state index in [-0.39, 0.29) is 25.7 Å². The van der Waals surface area contributed by atoms with E-state index < -0.39 is 97.5 Å². The van der Waals surface area contributed by atoms with Gasteiger partial charge in [0.15, 0.2) is 12.2 Å². The maximum absolute atomic E-state index is 13.1. The third-order valence-electron chi connectivity index (χ3n) is 20.4. The lowest BCUT2D eigenvalue weighted by molar-refractivity contribution is -0.161. The van der Waals surface area contributed by atoms with Crippen LogP contribution in [-0.4, -0.2) is 96.7 Å². The summed E-state index contributed by atoms with van der Waals surface area (Å²) in [7, 11) is -9.92. The number of carbonyl (C=O) groups excluding carboxylic acids is 4. The Hall–Kier alpha value is -1.94. The zero-order valence-electron chi connectivity index (χ0n) is 67.2. The number of ether oxygens (including phenoxy) is 4. The highest BCUT2D eigenvalue weighted by Crippen LogP contribution is 2.45. The van der Waals surface area contributed by atoms with Gasteiger partial charge in [-0.05, 0) is 49.4 Å². The Morgan fingerprint density at radius 1 is 0.275 bits per heavy atom. The van der Waals surface area contributed by atoms with Crippen molar-refractivity contribution >= 4 is 39.5 Å². The summed E-state index contributed by atoms with van der Waals surface area (Å²) in [6.45, 7) is 14.3. The molecule has 5 unspecified atom stereocenters. The fourth-order valence-electron chi connectivity index (χ4n) is 12.7. The predicted octanol–water partition coefficient (Wildman–Crippen LogP) is 24.8. The van der Waals surface area contributed by atoms with Gasteiger partial charge < -0.3 is 33.8 Å². The van der Waals surface area contributed by atoms with Crippen molar-refractivity contribution < 1.29 is 80.2 Å². The molecule has 0 spiro atoms. The molecule has 0 saturated carbocycles. The lowest BCUT2D eigenvalue weighted by atomic mass is 9.99. The molecule has 0 heterocycles. The van der Waals surface area contributed by atoms with Crippen LogP contribution in [0.4, 0.5) is 0 Å². The summed E-state index contributed by atoms with van der Waals surface area (Å²) >= 11 is 0. The summed E-state index contributed by atoms with van der Waals surface area (Å²) in [5, 5.41) is 10.7. The molecule has 0 amide bonds. The van der Waals surface area contributed by atoms with Gasteiger partial charge in [-0.1, -0.05) is 376 Å². The minimum Gasteiger partial charge on any atom is -0.462 e. The molecule has 0 saturated heterocycles. The molecule has 0 aliphatic carbocycles. The van der Waals surface area contributed by atoms with Gasteiger partial charge in [0.25, 0.3) is 0 Å². The quantitative estimate of drug-likeness (QED) is 0.0222. The van der Waals surface area contributed by atoms with Crippen LogP contribution in [0.2, 0.25) is 0 Å². The van der Waals surface area contributed by atoms with Gasteiger partial charge in [0, 0.05) is 25.7 Å². The average molecular weight is 1490 g/mol. The molecule has 0 aromatic carbocycles. The number of esters is 4. The van der Waals surface area contributed by atoms with Gasteiger partial charge in [0.2, 0.25) is 0 Å². The average Bonchev–Trinajstić information content (AvgIpc) is 0.913. The zero-order chi connectivity index (χ0) is 75.3. The van der Waals surface area contributed by atoms with E-state index in [2.05, 4.69) is 55.4 Å². The maximum Gasteiger partial charge on any atom is 0.472 e. The highest BCUT2D eigenvalue weighted by atomic mass is 31.2. The lowest BCUT2D eigenvalue weighted by Crippen LogP contribution is -2.30. The van der Waals surface area contributed by atoms with Crippen molar-refractivity contribution in [2.75, 3.05) is 39.6 Å². The molecule has 0 rings (SSSR count). The second-order valence-corrected chi connectivity index (χ2v) is 34.0. The van der Waals surface area contributed by atoms with Crippen LogP contribution in [0.15, 0.2) is 0 Å². The molecule has 3 N–H and O–H groups in total. The number of carbonyl (C=O) groups is 4. The zero-order valence-corrected chi connectivity index (χ0v) is 69.0. The van der Waals surface area contributed by atoms with Crippen LogP contribution in [0.1, 0.15) is 428 Å². The Morgan fingerprint density at radius 2 is 0.471 bits per heavy atom. The smallest absolute Gasteiger partial charge is 0.462 e. The molecular weight excluding hydrogens is 1330 g/mol. The van der Waals surface area contributed by atoms with Crippen LogP contribution >= 0.6 is 15.6 Å². The second kappa shape index (κ2) is 72.0. The first-order chi connectivity index (χ1) is 49.2. The van der Waals surface area contributed by atoms with Crippen molar-refractivity contribution in [1.29, 1.82) is 0 Å². The summed E-state index contributed by atoms with van der Waals surface area (Å²) in [6.07, 6.45) is 59.6. The number of unbranched alkanes of at least 4 members (excludes halogenated alkanes) is 43. The SMILES string of the molecule is CCC(C)CCCCCCCCCCCCCCCCCCCCC(=O)O[C@H](COC(=O)CCCCCCCCCCCCCCCC(C)C)COP(=O)(O)OC[C@@H](O)COP(=O)(O)OC[C@@H](COC(=O)CCCCCCCCC(C)CC)OC(=O)CCCCCCCCCCCCC(C)CC. The molecule has 0 radical (unpaired) electrons. The molecule has 17 nitrogen and oxygen atoms in total. The van der Waals surface area contributed by atoms with E-state index >= 15 is 0 Å². The van der Waals surface area contributed by atoms with Crippen LogP contribution in [0.5, 0.6) is 0 Å². The molecule has 0 bridgehead atoms. The van der Waals surface area contributed by atoms with E-state index in [0.29, 0.717) is 25.7 Å². The van der Waals surface area contributed by atoms with Crippen LogP contribution in [0.25, 0.3) is 0 Å². The summed E-state index contributed by atoms with van der Waals surface area (Å²) in [5.74, 6) is 1.08. The van der Waals surface area contributed by atoms with Gasteiger partial charge in [-0.3, -0.25) is 37.3 Å². The highest BCUT2D eigenvalue weighted by molar-refractivity contribution is 7.47. The fraction of sp³-hybridized carbons (Fsp3) is 0.952. The second-order valence-electron chi connectivity index (χ2n) is 31.1. The van der Waals surface area contributed by atoms with E-state index in [1.165, 1.54) is 225 Å². The van der Waals surface area contributed by atoms with Crippen molar-refractivity contribution in [3.63, 3.8) is 0 Å². The molecule has 0 fully saturated rings. The molecule has 0 aromatic heterocycles. The Balaban J connectivity index is 5.23. The number of hydrogen-bond donors (Lipinski definition) is 3. The number of phosphoric acid groups is 2. The Kier molecular flexibility index (Phi) is 70.6. The number of hydrogen-bond acceptors (Lipinski definition) is 15. The first-order valence-corrected chi connectivity index (χ1v) is 45.8. The van der Waals surface area contributed by atoms with Crippen molar-refractivity contribution in [2.24, 2.45) is 23.7 Å². The highest BCUT2D eigenvalue weighted by Gasteiger charge is 2.30. The molecule has 102 heavy (non-hydrogen) atoms. The van der Waals surface area contributed by atoms with Crippen molar-refractivity contribution in [1.82, 2.24) is 0 Å². The van der Waals surface area contributed by atoms with E-state index in [4.69, 9.17) is 37.0 Å². The van der Waals surface area contributed by atoms with Crippen LogP contribution in [-0.2, 0) is 65.4 Å². The van der Waals surface area contributed by atoms with Crippen LogP contribution in [0.3, 0.4) is 0 Å². The number of phosphoric ester groups is 2. The fourth-order valence-corrected chi connectivity index (χ4v) is 14.3. The number of aliphatic hydroxyl groups is 1. The minimum absolute atomic E-state index is 0.105. The lowest BCUT2D eigenvalue weighted by Gasteiger charge is -2.21. The Bertz CT molecular complexity index is 1990. The summed E-state index contributed by atoms with van der Waals surface area (Å²) in [4.78, 5) is 73.1. The summed E-state index contributed by atoms with van der Waals surface area (Å²) in [5.41, 5.74) is 0. The molecule has 0 aliphatic rings. The molecule has 19 heteroatoms. The van der Waals surface area contributed by atoms with E-state index in [9.17, 15) is 43.2 Å². The van der Waals surface area contributed by atoms with Gasteiger partial charge in [0.05, 0.1) is 26.4 Å². The standard InChI is InChI=1S/C83H162O17P2/c1-9-74(6)60-52-44-36-30-24-20-16-14-12-13-15-17-21-26-33-39-49-57-65-82(87)99-78(69-93-80(85)63-55-47-38-32-25-22-18-19-23-29-35-43-51-59-73(4)5)71-97-101(89,90)95-67-77(84)68-96-102(91,92)98-72-79(70-94-81(86)64-56-48-42-41-46-54-62-76(8)11-3)100-83(88)66-58-50-40-34-28-27-31-37-45-53-61-75(7)10-2/h73-79,84H,9-72H2,1-8H3,(H,89,90)(H,91,92)/t74?,75?,76?,77-,78-,79-/m1/s1. The molecule has 606 valence electrons. The third kappa shape index (κ3) is 72.3. The van der Waals surface area contributed by atoms with Crippen LogP contribution < -0.4 is 0 Å². The maximum atomic E-state index is 13.1. The molecule has 0 aliphatic heterocycles. The van der Waals surface area contributed by atoms with Crippen LogP contribution in [0, 0.1) is 23.7 Å². The minimum atomic E-state index is -4.96.